The Bertz CT molecular complexity index is 628. The molecule has 0 saturated carbocycles. The molecule has 1 heterocycles. The van der Waals surface area contributed by atoms with Crippen molar-refractivity contribution in [1.82, 2.24) is 0 Å². The fraction of sp³-hybridized carbons (Fsp3) is 0.400. The molecule has 2 nitrogen and oxygen atoms in total. The number of aryl methyl sites for hydroxylation is 1. The molecule has 17 heavy (non-hydrogen) atoms. The zero-order chi connectivity index (χ0) is 12.8. The van der Waals surface area contributed by atoms with E-state index in [1.807, 2.05) is 26.0 Å². The predicted octanol–water partition coefficient (Wildman–Crippen LogP) is 3.71. The molecular weight excluding hydrogens is 212 g/mol. The third-order valence-electron chi connectivity index (χ3n) is 3.32. The topological polar surface area (TPSA) is 30.2 Å². The number of benzene rings is 1. The lowest BCUT2D eigenvalue weighted by Gasteiger charge is -2.19. The van der Waals surface area contributed by atoms with Crippen molar-refractivity contribution in [2.24, 2.45) is 0 Å². The van der Waals surface area contributed by atoms with E-state index in [-0.39, 0.29) is 11.0 Å². The zero-order valence-corrected chi connectivity index (χ0v) is 11.0. The maximum Gasteiger partial charge on any atom is 0.339 e. The summed E-state index contributed by atoms with van der Waals surface area (Å²) in [6.45, 7) is 10.3. The maximum absolute atomic E-state index is 11.6. The molecule has 0 saturated heterocycles. The minimum atomic E-state index is -0.237. The first-order valence-electron chi connectivity index (χ1n) is 5.85. The molecular formula is C15H18O2. The van der Waals surface area contributed by atoms with E-state index in [1.54, 1.807) is 0 Å². The number of fused-ring (bicyclic) bond motifs is 1. The summed E-state index contributed by atoms with van der Waals surface area (Å²) in [6, 6.07) is 6.05. The third kappa shape index (κ3) is 1.99. The quantitative estimate of drug-likeness (QED) is 0.646. The fourth-order valence-electron chi connectivity index (χ4n) is 1.91. The molecule has 0 unspecified atom stereocenters. The highest BCUT2D eigenvalue weighted by Crippen LogP contribution is 2.27. The van der Waals surface area contributed by atoms with Crippen LogP contribution in [0, 0.1) is 13.8 Å². The molecule has 0 atom stereocenters. The van der Waals surface area contributed by atoms with E-state index in [1.165, 1.54) is 5.56 Å². The van der Waals surface area contributed by atoms with Gasteiger partial charge >= 0.3 is 5.63 Å². The normalized spacial score (nSPS) is 12.1. The van der Waals surface area contributed by atoms with Crippen molar-refractivity contribution in [3.63, 3.8) is 0 Å². The van der Waals surface area contributed by atoms with Crippen LogP contribution in [0.15, 0.2) is 27.4 Å². The molecule has 0 amide bonds. The molecule has 1 aromatic carbocycles. The Morgan fingerprint density at radius 1 is 1.06 bits per heavy atom. The largest absolute Gasteiger partial charge is 0.423 e. The molecule has 0 spiro atoms. The van der Waals surface area contributed by atoms with Gasteiger partial charge in [0.1, 0.15) is 5.58 Å². The Morgan fingerprint density at radius 3 is 2.29 bits per heavy atom. The SMILES string of the molecule is Cc1c(C)c2cc(C(C)(C)C)ccc2oc1=O. The molecule has 0 fully saturated rings. The first-order chi connectivity index (χ1) is 7.80. The second-order valence-electron chi connectivity index (χ2n) is 5.60. The van der Waals surface area contributed by atoms with Crippen LogP contribution in [0.2, 0.25) is 0 Å². The zero-order valence-electron chi connectivity index (χ0n) is 11.0. The van der Waals surface area contributed by atoms with Crippen LogP contribution in [0.3, 0.4) is 0 Å². The molecule has 1 aromatic heterocycles. The first-order valence-corrected chi connectivity index (χ1v) is 5.85. The molecule has 2 rings (SSSR count). The summed E-state index contributed by atoms with van der Waals surface area (Å²) in [5, 5.41) is 1.04. The summed E-state index contributed by atoms with van der Waals surface area (Å²) in [7, 11) is 0. The number of hydrogen-bond acceptors (Lipinski definition) is 2. The van der Waals surface area contributed by atoms with Crippen molar-refractivity contribution in [2.75, 3.05) is 0 Å². The van der Waals surface area contributed by atoms with Gasteiger partial charge in [0, 0.05) is 10.9 Å². The van der Waals surface area contributed by atoms with Gasteiger partial charge in [-0.25, -0.2) is 4.79 Å². The van der Waals surface area contributed by atoms with E-state index in [0.717, 1.165) is 10.9 Å². The number of hydrogen-bond donors (Lipinski definition) is 0. The molecule has 0 radical (unpaired) electrons. The van der Waals surface area contributed by atoms with Crippen LogP contribution < -0.4 is 5.63 Å². The minimum absolute atomic E-state index is 0.102. The summed E-state index contributed by atoms with van der Waals surface area (Å²) < 4.78 is 5.29. The summed E-state index contributed by atoms with van der Waals surface area (Å²) >= 11 is 0. The van der Waals surface area contributed by atoms with Gasteiger partial charge in [-0.2, -0.15) is 0 Å². The van der Waals surface area contributed by atoms with Crippen molar-refractivity contribution in [2.45, 2.75) is 40.0 Å². The van der Waals surface area contributed by atoms with Crippen LogP contribution in [0.1, 0.15) is 37.5 Å². The second kappa shape index (κ2) is 3.73. The lowest BCUT2D eigenvalue weighted by molar-refractivity contribution is 0.551. The molecule has 0 aliphatic heterocycles. The van der Waals surface area contributed by atoms with E-state index in [4.69, 9.17) is 4.42 Å². The van der Waals surface area contributed by atoms with E-state index in [2.05, 4.69) is 26.8 Å². The van der Waals surface area contributed by atoms with E-state index in [9.17, 15) is 4.79 Å². The molecule has 2 aromatic rings. The van der Waals surface area contributed by atoms with Crippen LogP contribution in [-0.2, 0) is 5.41 Å². The van der Waals surface area contributed by atoms with Crippen LogP contribution in [0.5, 0.6) is 0 Å². The summed E-state index contributed by atoms with van der Waals surface area (Å²) in [5.74, 6) is 0. The maximum atomic E-state index is 11.6. The Hall–Kier alpha value is -1.57. The Kier molecular flexibility index (Phi) is 2.61. The standard InChI is InChI=1S/C15H18O2/c1-9-10(2)14(16)17-13-7-6-11(8-12(9)13)15(3,4)5/h6-8H,1-5H3. The molecule has 2 heteroatoms. The van der Waals surface area contributed by atoms with Gasteiger partial charge in [0.2, 0.25) is 0 Å². The highest BCUT2D eigenvalue weighted by molar-refractivity contribution is 5.81. The monoisotopic (exact) mass is 230 g/mol. The third-order valence-corrected chi connectivity index (χ3v) is 3.32. The molecule has 90 valence electrons. The van der Waals surface area contributed by atoms with Crippen molar-refractivity contribution >= 4 is 11.0 Å². The van der Waals surface area contributed by atoms with Gasteiger partial charge in [-0.15, -0.1) is 0 Å². The average Bonchev–Trinajstić information content (AvgIpc) is 2.24. The van der Waals surface area contributed by atoms with Gasteiger partial charge in [-0.3, -0.25) is 0 Å². The lowest BCUT2D eigenvalue weighted by Crippen LogP contribution is -2.11. The van der Waals surface area contributed by atoms with Crippen LogP contribution in [-0.4, -0.2) is 0 Å². The molecule has 0 aliphatic carbocycles. The molecule has 0 aliphatic rings. The Balaban J connectivity index is 2.82. The van der Waals surface area contributed by atoms with Gasteiger partial charge in [-0.1, -0.05) is 26.8 Å². The van der Waals surface area contributed by atoms with Crippen molar-refractivity contribution < 1.29 is 4.42 Å². The van der Waals surface area contributed by atoms with Crippen molar-refractivity contribution in [1.29, 1.82) is 0 Å². The number of rotatable bonds is 0. The molecule has 0 N–H and O–H groups in total. The van der Waals surface area contributed by atoms with Gasteiger partial charge < -0.3 is 4.42 Å². The molecule has 0 bridgehead atoms. The smallest absolute Gasteiger partial charge is 0.339 e. The fourth-order valence-corrected chi connectivity index (χ4v) is 1.91. The van der Waals surface area contributed by atoms with E-state index < -0.39 is 0 Å². The van der Waals surface area contributed by atoms with Crippen molar-refractivity contribution in [3.05, 3.63) is 45.3 Å². The lowest BCUT2D eigenvalue weighted by atomic mass is 9.86. The van der Waals surface area contributed by atoms with Gasteiger partial charge in [0.25, 0.3) is 0 Å². The summed E-state index contributed by atoms with van der Waals surface area (Å²) in [4.78, 5) is 11.6. The van der Waals surface area contributed by atoms with Gasteiger partial charge in [0.15, 0.2) is 0 Å². The average molecular weight is 230 g/mol. The van der Waals surface area contributed by atoms with E-state index in [0.29, 0.717) is 11.1 Å². The van der Waals surface area contributed by atoms with E-state index >= 15 is 0 Å². The Morgan fingerprint density at radius 2 is 1.71 bits per heavy atom. The van der Waals surface area contributed by atoms with Crippen LogP contribution in [0.25, 0.3) is 11.0 Å². The van der Waals surface area contributed by atoms with Crippen molar-refractivity contribution in [3.8, 4) is 0 Å². The summed E-state index contributed by atoms with van der Waals surface area (Å²) in [5.41, 5.74) is 3.50. The minimum Gasteiger partial charge on any atom is -0.423 e. The highest BCUT2D eigenvalue weighted by atomic mass is 16.4. The first kappa shape index (κ1) is 11.9. The second-order valence-corrected chi connectivity index (χ2v) is 5.60. The van der Waals surface area contributed by atoms with Crippen LogP contribution >= 0.6 is 0 Å². The summed E-state index contributed by atoms with van der Waals surface area (Å²) in [6.07, 6.45) is 0. The van der Waals surface area contributed by atoms with Gasteiger partial charge in [0.05, 0.1) is 0 Å². The van der Waals surface area contributed by atoms with Crippen LogP contribution in [0.4, 0.5) is 0 Å². The highest BCUT2D eigenvalue weighted by Gasteiger charge is 2.15. The van der Waals surface area contributed by atoms with Gasteiger partial charge in [-0.05, 0) is 42.5 Å². The predicted molar refractivity (Wildman–Crippen MR) is 70.7 cm³/mol. The Labute approximate surface area is 101 Å².